The van der Waals surface area contributed by atoms with E-state index in [9.17, 15) is 4.79 Å². The molecule has 0 saturated heterocycles. The molecule has 9 nitrogen and oxygen atoms in total. The first-order chi connectivity index (χ1) is 13.2. The molecule has 3 aromatic rings. The van der Waals surface area contributed by atoms with Crippen LogP contribution in [-0.4, -0.2) is 47.8 Å². The maximum absolute atomic E-state index is 12.5. The molecule has 0 atom stereocenters. The van der Waals surface area contributed by atoms with Crippen LogP contribution in [0.1, 0.15) is 16.1 Å². The van der Waals surface area contributed by atoms with Gasteiger partial charge in [0.1, 0.15) is 5.75 Å². The van der Waals surface area contributed by atoms with Crippen LogP contribution in [0.4, 0.5) is 17.2 Å². The topological polar surface area (TPSA) is 102 Å². The van der Waals surface area contributed by atoms with E-state index in [0.29, 0.717) is 42.7 Å². The van der Waals surface area contributed by atoms with Gasteiger partial charge in [-0.15, -0.1) is 5.10 Å². The summed E-state index contributed by atoms with van der Waals surface area (Å²) in [5, 5.41) is 13.7. The minimum absolute atomic E-state index is 0.258. The lowest BCUT2D eigenvalue weighted by Gasteiger charge is -2.15. The molecule has 0 radical (unpaired) electrons. The van der Waals surface area contributed by atoms with Gasteiger partial charge in [-0.3, -0.25) is 4.79 Å². The van der Waals surface area contributed by atoms with E-state index in [-0.39, 0.29) is 5.91 Å². The van der Waals surface area contributed by atoms with Crippen LogP contribution in [0.3, 0.4) is 0 Å². The van der Waals surface area contributed by atoms with Gasteiger partial charge < -0.3 is 25.4 Å². The Morgan fingerprint density at radius 1 is 1.33 bits per heavy atom. The lowest BCUT2D eigenvalue weighted by molar-refractivity contribution is 0.0894. The number of nitrogens with zero attached hydrogens (tertiary/aromatic N) is 3. The van der Waals surface area contributed by atoms with Crippen LogP contribution >= 0.6 is 0 Å². The van der Waals surface area contributed by atoms with Crippen LogP contribution in [0.2, 0.25) is 0 Å². The zero-order chi connectivity index (χ0) is 18.8. The van der Waals surface area contributed by atoms with Gasteiger partial charge in [0.15, 0.2) is 17.2 Å². The van der Waals surface area contributed by atoms with Crippen molar-refractivity contribution in [3.63, 3.8) is 0 Å². The zero-order valence-corrected chi connectivity index (χ0v) is 15.1. The SMILES string of the molecule is CNc1cc2nn3c(cnc13)C(=O)NCCOCc1ccc(OC)c(c1)N2. The number of aromatic nitrogens is 3. The highest BCUT2D eigenvalue weighted by atomic mass is 16.5. The molecule has 1 aromatic carbocycles. The third-order valence-electron chi connectivity index (χ3n) is 4.30. The molecule has 2 aromatic heterocycles. The number of carbonyl (C=O) groups is 1. The number of ether oxygens (including phenoxy) is 2. The number of carbonyl (C=O) groups excluding carboxylic acids is 1. The standard InChI is InChI=1S/C18H20N6O3/c1-19-13-8-16-22-12-7-11(3-4-15(12)26-2)10-27-6-5-20-18(25)14-9-21-17(13)24(14)23-16/h3-4,7-9,19H,5-6,10H2,1-2H3,(H,20,25)(H,22,23). The van der Waals surface area contributed by atoms with Gasteiger partial charge in [0, 0.05) is 19.7 Å². The van der Waals surface area contributed by atoms with Crippen molar-refractivity contribution in [2.24, 2.45) is 0 Å². The Morgan fingerprint density at radius 2 is 2.22 bits per heavy atom. The van der Waals surface area contributed by atoms with E-state index >= 15 is 0 Å². The van der Waals surface area contributed by atoms with Crippen LogP contribution < -0.4 is 20.7 Å². The number of anilines is 3. The fourth-order valence-corrected chi connectivity index (χ4v) is 2.97. The van der Waals surface area contributed by atoms with Crippen molar-refractivity contribution in [3.8, 4) is 5.75 Å². The Labute approximate surface area is 155 Å². The van der Waals surface area contributed by atoms with Gasteiger partial charge in [0.05, 0.1) is 37.9 Å². The summed E-state index contributed by atoms with van der Waals surface area (Å²) >= 11 is 0. The summed E-state index contributed by atoms with van der Waals surface area (Å²) in [4.78, 5) is 16.8. The highest BCUT2D eigenvalue weighted by Crippen LogP contribution is 2.30. The number of amides is 1. The summed E-state index contributed by atoms with van der Waals surface area (Å²) in [6, 6.07) is 7.62. The first-order valence-electron chi connectivity index (χ1n) is 8.56. The largest absolute Gasteiger partial charge is 0.495 e. The van der Waals surface area contributed by atoms with Crippen molar-refractivity contribution in [1.29, 1.82) is 0 Å². The number of imidazole rings is 1. The number of rotatable bonds is 2. The molecular weight excluding hydrogens is 348 g/mol. The van der Waals surface area contributed by atoms with E-state index in [0.717, 1.165) is 16.9 Å². The van der Waals surface area contributed by atoms with Gasteiger partial charge in [0.25, 0.3) is 5.91 Å². The molecule has 0 aliphatic carbocycles. The molecule has 1 amide bonds. The van der Waals surface area contributed by atoms with Crippen molar-refractivity contribution >= 4 is 28.7 Å². The number of benzene rings is 1. The summed E-state index contributed by atoms with van der Waals surface area (Å²) in [5.74, 6) is 0.973. The summed E-state index contributed by atoms with van der Waals surface area (Å²) < 4.78 is 12.6. The van der Waals surface area contributed by atoms with Crippen molar-refractivity contribution in [2.45, 2.75) is 6.61 Å². The van der Waals surface area contributed by atoms with Crippen molar-refractivity contribution in [1.82, 2.24) is 19.9 Å². The zero-order valence-electron chi connectivity index (χ0n) is 15.1. The molecule has 3 N–H and O–H groups in total. The molecule has 140 valence electrons. The Kier molecular flexibility index (Phi) is 4.51. The minimum Gasteiger partial charge on any atom is -0.495 e. The third-order valence-corrected chi connectivity index (χ3v) is 4.30. The normalized spacial score (nSPS) is 14.4. The van der Waals surface area contributed by atoms with Gasteiger partial charge >= 0.3 is 0 Å². The Balaban J connectivity index is 1.87. The average Bonchev–Trinajstić information content (AvgIpc) is 3.10. The number of hydrogen-bond donors (Lipinski definition) is 3. The molecule has 0 saturated carbocycles. The average molecular weight is 368 g/mol. The number of nitrogens with one attached hydrogen (secondary N) is 3. The van der Waals surface area contributed by atoms with Crippen LogP contribution in [-0.2, 0) is 11.3 Å². The smallest absolute Gasteiger partial charge is 0.271 e. The van der Waals surface area contributed by atoms with Gasteiger partial charge in [0.2, 0.25) is 0 Å². The fraction of sp³-hybridized carbons (Fsp3) is 0.278. The lowest BCUT2D eigenvalue weighted by atomic mass is 10.2. The van der Waals surface area contributed by atoms with Crippen LogP contribution in [0.25, 0.3) is 5.65 Å². The maximum Gasteiger partial charge on any atom is 0.271 e. The summed E-state index contributed by atoms with van der Waals surface area (Å²) in [6.07, 6.45) is 1.51. The monoisotopic (exact) mass is 368 g/mol. The van der Waals surface area contributed by atoms with E-state index in [2.05, 4.69) is 26.0 Å². The predicted molar refractivity (Wildman–Crippen MR) is 101 cm³/mol. The molecule has 0 fully saturated rings. The summed E-state index contributed by atoms with van der Waals surface area (Å²) in [7, 11) is 3.41. The second-order valence-corrected chi connectivity index (χ2v) is 6.04. The van der Waals surface area contributed by atoms with Crippen LogP contribution in [0.15, 0.2) is 30.5 Å². The van der Waals surface area contributed by atoms with E-state index < -0.39 is 0 Å². The number of hydrogen-bond acceptors (Lipinski definition) is 7. The van der Waals surface area contributed by atoms with Crippen molar-refractivity contribution in [2.75, 3.05) is 37.9 Å². The van der Waals surface area contributed by atoms with Gasteiger partial charge in [-0.1, -0.05) is 6.07 Å². The molecule has 4 rings (SSSR count). The molecule has 1 aliphatic rings. The van der Waals surface area contributed by atoms with Gasteiger partial charge in [-0.2, -0.15) is 0 Å². The second-order valence-electron chi connectivity index (χ2n) is 6.04. The number of fused-ring (bicyclic) bond motifs is 3. The van der Waals surface area contributed by atoms with E-state index in [4.69, 9.17) is 9.47 Å². The molecule has 9 heteroatoms. The molecule has 3 heterocycles. The van der Waals surface area contributed by atoms with E-state index in [1.165, 1.54) is 10.7 Å². The second kappa shape index (κ2) is 7.12. The molecule has 1 aliphatic heterocycles. The molecular formula is C18H20N6O3. The summed E-state index contributed by atoms with van der Waals surface area (Å²) in [6.45, 7) is 1.23. The van der Waals surface area contributed by atoms with Crippen LogP contribution in [0, 0.1) is 0 Å². The highest BCUT2D eigenvalue weighted by molar-refractivity contribution is 5.94. The molecule has 0 unspecified atom stereocenters. The maximum atomic E-state index is 12.5. The van der Waals surface area contributed by atoms with E-state index in [1.807, 2.05) is 24.3 Å². The Hall–Kier alpha value is -3.33. The molecule has 0 spiro atoms. The fourth-order valence-electron chi connectivity index (χ4n) is 2.97. The Bertz CT molecular complexity index is 1000. The van der Waals surface area contributed by atoms with E-state index in [1.54, 1.807) is 14.2 Å². The Morgan fingerprint density at radius 3 is 3.04 bits per heavy atom. The quantitative estimate of drug-likeness (QED) is 0.634. The van der Waals surface area contributed by atoms with Crippen molar-refractivity contribution < 1.29 is 14.3 Å². The molecule has 27 heavy (non-hydrogen) atoms. The highest BCUT2D eigenvalue weighted by Gasteiger charge is 2.17. The molecule has 4 bridgehead atoms. The minimum atomic E-state index is -0.258. The van der Waals surface area contributed by atoms with Crippen molar-refractivity contribution in [3.05, 3.63) is 41.7 Å². The lowest BCUT2D eigenvalue weighted by Crippen LogP contribution is -2.28. The third kappa shape index (κ3) is 3.24. The van der Waals surface area contributed by atoms with Gasteiger partial charge in [-0.25, -0.2) is 9.50 Å². The number of methoxy groups -OCH3 is 1. The van der Waals surface area contributed by atoms with Crippen LogP contribution in [0.5, 0.6) is 5.75 Å². The first kappa shape index (κ1) is 17.1. The summed E-state index contributed by atoms with van der Waals surface area (Å²) in [5.41, 5.74) is 3.41. The van der Waals surface area contributed by atoms with Gasteiger partial charge in [-0.05, 0) is 17.7 Å². The predicted octanol–water partition coefficient (Wildman–Crippen LogP) is 1.78. The first-order valence-corrected chi connectivity index (χ1v) is 8.56.